The average molecular weight is 513 g/mol. The van der Waals surface area contributed by atoms with Crippen molar-refractivity contribution in [1.29, 1.82) is 0 Å². The second-order valence-corrected chi connectivity index (χ2v) is 12.8. The van der Waals surface area contributed by atoms with Crippen molar-refractivity contribution in [2.75, 3.05) is 13.2 Å². The summed E-state index contributed by atoms with van der Waals surface area (Å²) in [5.74, 6) is -1.41. The van der Waals surface area contributed by atoms with Crippen LogP contribution in [-0.4, -0.2) is 37.1 Å². The van der Waals surface area contributed by atoms with E-state index < -0.39 is 17.3 Å². The highest BCUT2D eigenvalue weighted by molar-refractivity contribution is 5.98. The van der Waals surface area contributed by atoms with Crippen LogP contribution >= 0.6 is 0 Å². The minimum Gasteiger partial charge on any atom is -0.465 e. The summed E-state index contributed by atoms with van der Waals surface area (Å²) in [5.41, 5.74) is 0.170. The molecule has 0 aromatic heterocycles. The molecule has 0 N–H and O–H groups in total. The summed E-state index contributed by atoms with van der Waals surface area (Å²) >= 11 is 0. The minimum atomic E-state index is -0.612. The van der Waals surface area contributed by atoms with Crippen molar-refractivity contribution in [2.24, 2.45) is 51.8 Å². The maximum absolute atomic E-state index is 13.5. The maximum atomic E-state index is 13.5. The second-order valence-electron chi connectivity index (χ2n) is 12.8. The predicted octanol–water partition coefficient (Wildman–Crippen LogP) is 4.79. The van der Waals surface area contributed by atoms with E-state index in [2.05, 4.69) is 40.3 Å². The molecule has 1 aliphatic heterocycles. The molecule has 3 saturated carbocycles. The largest absolute Gasteiger partial charge is 0.465 e. The summed E-state index contributed by atoms with van der Waals surface area (Å²) in [4.78, 5) is 50.7. The molecule has 5 aliphatic carbocycles. The van der Waals surface area contributed by atoms with Gasteiger partial charge in [0.15, 0.2) is 0 Å². The van der Waals surface area contributed by atoms with Gasteiger partial charge in [0.25, 0.3) is 0 Å². The van der Waals surface area contributed by atoms with Crippen LogP contribution in [0.4, 0.5) is 0 Å². The molecule has 6 aliphatic rings. The van der Waals surface area contributed by atoms with Crippen molar-refractivity contribution >= 4 is 23.9 Å². The van der Waals surface area contributed by atoms with Gasteiger partial charge >= 0.3 is 23.9 Å². The molecule has 1 heterocycles. The molecule has 6 rings (SSSR count). The SMILES string of the molecule is C=CC(=O)OCCCOC(=O)[C@]1(C)CCC[C@@]2(C)[C@H]1CC[C@@]13C=C(C(C)C)C(C[C@H]21)C1C(=O)OC(=O)C13. The Balaban J connectivity index is 1.40. The number of fused-ring (bicyclic) bond motifs is 1. The molecule has 202 valence electrons. The van der Waals surface area contributed by atoms with Gasteiger partial charge in [0.1, 0.15) is 0 Å². The van der Waals surface area contributed by atoms with Gasteiger partial charge in [0.2, 0.25) is 0 Å². The maximum Gasteiger partial charge on any atom is 0.330 e. The Labute approximate surface area is 219 Å². The fraction of sp³-hybridized carbons (Fsp3) is 0.733. The van der Waals surface area contributed by atoms with Crippen LogP contribution in [0.2, 0.25) is 0 Å². The number of carbonyl (C=O) groups excluding carboxylic acids is 4. The number of ether oxygens (including phenoxy) is 3. The van der Waals surface area contributed by atoms with E-state index in [1.807, 2.05) is 0 Å². The fourth-order valence-electron chi connectivity index (χ4n) is 9.37. The molecule has 4 fully saturated rings. The Hall–Kier alpha value is -2.44. The highest BCUT2D eigenvalue weighted by atomic mass is 16.6. The number of cyclic esters (lactones) is 2. The number of hydrogen-bond donors (Lipinski definition) is 0. The smallest absolute Gasteiger partial charge is 0.330 e. The molecule has 2 bridgehead atoms. The molecule has 7 heteroatoms. The van der Waals surface area contributed by atoms with Gasteiger partial charge in [-0.25, -0.2) is 4.79 Å². The van der Waals surface area contributed by atoms with E-state index in [0.29, 0.717) is 12.3 Å². The Bertz CT molecular complexity index is 1060. The van der Waals surface area contributed by atoms with E-state index >= 15 is 0 Å². The highest BCUT2D eigenvalue weighted by Crippen LogP contribution is 2.74. The Morgan fingerprint density at radius 1 is 1.11 bits per heavy atom. The van der Waals surface area contributed by atoms with Gasteiger partial charge in [0.05, 0.1) is 30.5 Å². The first kappa shape index (κ1) is 26.2. The van der Waals surface area contributed by atoms with Crippen LogP contribution in [0.15, 0.2) is 24.3 Å². The van der Waals surface area contributed by atoms with E-state index in [0.717, 1.165) is 44.6 Å². The van der Waals surface area contributed by atoms with E-state index in [-0.39, 0.29) is 65.6 Å². The zero-order valence-electron chi connectivity index (χ0n) is 22.5. The molecular weight excluding hydrogens is 472 g/mol. The van der Waals surface area contributed by atoms with Crippen molar-refractivity contribution < 1.29 is 33.4 Å². The van der Waals surface area contributed by atoms with Crippen molar-refractivity contribution in [3.63, 3.8) is 0 Å². The van der Waals surface area contributed by atoms with Crippen molar-refractivity contribution in [2.45, 2.75) is 72.6 Å². The molecule has 0 amide bonds. The first-order chi connectivity index (χ1) is 17.5. The van der Waals surface area contributed by atoms with E-state index in [4.69, 9.17) is 14.2 Å². The third kappa shape index (κ3) is 3.74. The van der Waals surface area contributed by atoms with Crippen LogP contribution in [0.1, 0.15) is 72.6 Å². The highest BCUT2D eigenvalue weighted by Gasteiger charge is 2.73. The van der Waals surface area contributed by atoms with Gasteiger partial charge in [-0.05, 0) is 68.1 Å². The lowest BCUT2D eigenvalue weighted by Gasteiger charge is -2.68. The van der Waals surface area contributed by atoms with Gasteiger partial charge in [-0.1, -0.05) is 45.4 Å². The van der Waals surface area contributed by atoms with E-state index in [1.165, 1.54) is 5.57 Å². The van der Waals surface area contributed by atoms with Gasteiger partial charge < -0.3 is 14.2 Å². The van der Waals surface area contributed by atoms with Crippen LogP contribution in [0.25, 0.3) is 0 Å². The summed E-state index contributed by atoms with van der Waals surface area (Å²) in [7, 11) is 0. The van der Waals surface area contributed by atoms with Gasteiger partial charge in [-0.3, -0.25) is 14.4 Å². The number of allylic oxidation sites excluding steroid dienone is 2. The molecular formula is C30H40O7. The number of hydrogen-bond acceptors (Lipinski definition) is 7. The number of rotatable bonds is 7. The molecule has 7 nitrogen and oxygen atoms in total. The van der Waals surface area contributed by atoms with Crippen LogP contribution in [0.5, 0.6) is 0 Å². The molecule has 37 heavy (non-hydrogen) atoms. The molecule has 1 spiro atoms. The summed E-state index contributed by atoms with van der Waals surface area (Å²) in [6.45, 7) is 12.5. The molecule has 1 saturated heterocycles. The van der Waals surface area contributed by atoms with Crippen LogP contribution < -0.4 is 0 Å². The van der Waals surface area contributed by atoms with Crippen LogP contribution in [0, 0.1) is 51.8 Å². The van der Waals surface area contributed by atoms with Crippen molar-refractivity contribution in [1.82, 2.24) is 0 Å². The number of esters is 4. The first-order valence-corrected chi connectivity index (χ1v) is 13.9. The van der Waals surface area contributed by atoms with Crippen LogP contribution in [-0.2, 0) is 33.4 Å². The lowest BCUT2D eigenvalue weighted by atomic mass is 9.34. The third-order valence-electron chi connectivity index (χ3n) is 10.8. The van der Waals surface area contributed by atoms with Gasteiger partial charge in [-0.2, -0.15) is 0 Å². The summed E-state index contributed by atoms with van der Waals surface area (Å²) < 4.78 is 16.0. The summed E-state index contributed by atoms with van der Waals surface area (Å²) in [6.07, 6.45) is 9.12. The molecule has 0 radical (unpaired) electrons. The second kappa shape index (κ2) is 9.09. The lowest BCUT2D eigenvalue weighted by Crippen LogP contribution is -2.65. The quantitative estimate of drug-likeness (QED) is 0.121. The van der Waals surface area contributed by atoms with Crippen molar-refractivity contribution in [3.05, 3.63) is 24.3 Å². The Morgan fingerprint density at radius 3 is 2.54 bits per heavy atom. The van der Waals surface area contributed by atoms with Gasteiger partial charge in [-0.15, -0.1) is 0 Å². The average Bonchev–Trinajstić information content (AvgIpc) is 3.18. The Morgan fingerprint density at radius 2 is 1.84 bits per heavy atom. The van der Waals surface area contributed by atoms with Crippen molar-refractivity contribution in [3.8, 4) is 0 Å². The zero-order valence-corrected chi connectivity index (χ0v) is 22.5. The fourth-order valence-corrected chi connectivity index (χ4v) is 9.37. The van der Waals surface area contributed by atoms with Crippen LogP contribution in [0.3, 0.4) is 0 Å². The molecule has 8 atom stereocenters. The molecule has 3 unspecified atom stereocenters. The van der Waals surface area contributed by atoms with E-state index in [1.54, 1.807) is 0 Å². The number of carbonyl (C=O) groups is 4. The zero-order chi connectivity index (χ0) is 26.8. The molecule has 0 aromatic rings. The third-order valence-corrected chi connectivity index (χ3v) is 10.8. The summed E-state index contributed by atoms with van der Waals surface area (Å²) in [6, 6.07) is 0. The molecule has 0 aromatic carbocycles. The Kier molecular flexibility index (Phi) is 6.43. The topological polar surface area (TPSA) is 96.0 Å². The van der Waals surface area contributed by atoms with Gasteiger partial charge in [0, 0.05) is 17.9 Å². The first-order valence-electron chi connectivity index (χ1n) is 13.9. The lowest BCUT2D eigenvalue weighted by molar-refractivity contribution is -0.198. The monoisotopic (exact) mass is 512 g/mol. The summed E-state index contributed by atoms with van der Waals surface area (Å²) in [5, 5.41) is 0. The normalized spacial score (nSPS) is 41.8. The van der Waals surface area contributed by atoms with E-state index in [9.17, 15) is 19.2 Å². The minimum absolute atomic E-state index is 0.0322. The predicted molar refractivity (Wildman–Crippen MR) is 135 cm³/mol. The standard InChI is InChI=1S/C30H40O7/c1-6-22(31)35-13-8-14-36-27(34)29(5)11-7-10-28(4)20(29)9-12-30-16-19(17(2)3)18(15-21(28)30)23-24(30)26(33)37-25(23)32/h6,16-18,20-21,23-24H,1,7-15H2,2-5H3/t18?,20-,21-,23?,24?,28+,29-,30-/m1/s1.